The maximum Gasteiger partial charge on any atom is 0.223 e. The maximum atomic E-state index is 12.4. The standard InChI is InChI=1S/C18H28N4O.2ClH/c19-12-15-5-4-6-16(15)18(23)21-13-14-7-8-20-17(11-14)22-9-2-1-3-10-22;;/h7-8,11,15-16H,1-6,9-10,12-13,19H2,(H,21,23);2*1H/t15-,16-;;/m1../s1. The summed E-state index contributed by atoms with van der Waals surface area (Å²) in [6.45, 7) is 3.37. The Bertz CT molecular complexity index is 538. The van der Waals surface area contributed by atoms with Crippen LogP contribution in [0.5, 0.6) is 0 Å². The molecule has 2 heterocycles. The molecule has 0 aromatic carbocycles. The van der Waals surface area contributed by atoms with E-state index in [2.05, 4.69) is 21.3 Å². The summed E-state index contributed by atoms with van der Waals surface area (Å²) < 4.78 is 0. The van der Waals surface area contributed by atoms with Crippen LogP contribution in [0.25, 0.3) is 0 Å². The quantitative estimate of drug-likeness (QED) is 0.813. The fraction of sp³-hybridized carbons (Fsp3) is 0.667. The average Bonchev–Trinajstić information content (AvgIpc) is 3.09. The van der Waals surface area contributed by atoms with Gasteiger partial charge in [-0.15, -0.1) is 24.8 Å². The Labute approximate surface area is 163 Å². The van der Waals surface area contributed by atoms with Crippen LogP contribution in [0.2, 0.25) is 0 Å². The number of rotatable bonds is 5. The molecule has 1 aliphatic heterocycles. The maximum absolute atomic E-state index is 12.4. The van der Waals surface area contributed by atoms with Crippen LogP contribution in [0.15, 0.2) is 18.3 Å². The Kier molecular flexibility index (Phi) is 9.54. The number of halogens is 2. The van der Waals surface area contributed by atoms with Gasteiger partial charge in [-0.2, -0.15) is 0 Å². The van der Waals surface area contributed by atoms with Crippen LogP contribution in [-0.4, -0.2) is 30.5 Å². The van der Waals surface area contributed by atoms with E-state index in [0.29, 0.717) is 19.0 Å². The monoisotopic (exact) mass is 388 g/mol. The zero-order valence-corrected chi connectivity index (χ0v) is 16.3. The summed E-state index contributed by atoms with van der Waals surface area (Å²) in [4.78, 5) is 19.2. The predicted octanol–water partition coefficient (Wildman–Crippen LogP) is 2.91. The minimum absolute atomic E-state index is 0. The molecule has 1 aliphatic carbocycles. The normalized spacial score (nSPS) is 22.7. The molecule has 2 aliphatic rings. The van der Waals surface area contributed by atoms with Gasteiger partial charge in [0.05, 0.1) is 0 Å². The SMILES string of the molecule is Cl.Cl.NC[C@H]1CCC[C@H]1C(=O)NCc1ccnc(N2CCCCC2)c1. The molecule has 1 amide bonds. The number of aromatic nitrogens is 1. The van der Waals surface area contributed by atoms with E-state index in [-0.39, 0.29) is 36.6 Å². The smallest absolute Gasteiger partial charge is 0.223 e. The van der Waals surface area contributed by atoms with Gasteiger partial charge in [0.1, 0.15) is 5.82 Å². The first-order valence-electron chi connectivity index (χ1n) is 8.95. The van der Waals surface area contributed by atoms with Gasteiger partial charge in [0, 0.05) is 31.7 Å². The highest BCUT2D eigenvalue weighted by atomic mass is 35.5. The van der Waals surface area contributed by atoms with E-state index < -0.39 is 0 Å². The lowest BCUT2D eigenvalue weighted by Gasteiger charge is -2.28. The Hall–Kier alpha value is -1.04. The third-order valence-corrected chi connectivity index (χ3v) is 5.26. The summed E-state index contributed by atoms with van der Waals surface area (Å²) in [5.41, 5.74) is 6.90. The number of hydrogen-bond donors (Lipinski definition) is 2. The molecule has 0 bridgehead atoms. The first-order valence-corrected chi connectivity index (χ1v) is 8.95. The number of carbonyl (C=O) groups is 1. The molecule has 1 saturated heterocycles. The van der Waals surface area contributed by atoms with Gasteiger partial charge in [0.15, 0.2) is 0 Å². The largest absolute Gasteiger partial charge is 0.357 e. The number of nitrogens with two attached hydrogens (primary N) is 1. The van der Waals surface area contributed by atoms with Crippen molar-refractivity contribution in [1.29, 1.82) is 0 Å². The molecule has 0 radical (unpaired) electrons. The second kappa shape index (κ2) is 10.8. The second-order valence-corrected chi connectivity index (χ2v) is 6.82. The first kappa shape index (κ1) is 22.0. The molecule has 3 rings (SSSR count). The molecule has 142 valence electrons. The molecule has 25 heavy (non-hydrogen) atoms. The van der Waals surface area contributed by atoms with Gasteiger partial charge in [-0.3, -0.25) is 4.79 Å². The Balaban J connectivity index is 0.00000156. The van der Waals surface area contributed by atoms with E-state index in [4.69, 9.17) is 5.73 Å². The van der Waals surface area contributed by atoms with E-state index >= 15 is 0 Å². The third-order valence-electron chi connectivity index (χ3n) is 5.26. The number of piperidine rings is 1. The van der Waals surface area contributed by atoms with Crippen LogP contribution in [0.3, 0.4) is 0 Å². The molecule has 0 unspecified atom stereocenters. The van der Waals surface area contributed by atoms with Crippen molar-refractivity contribution >= 4 is 36.5 Å². The topological polar surface area (TPSA) is 71.2 Å². The second-order valence-electron chi connectivity index (χ2n) is 6.82. The molecule has 3 N–H and O–H groups in total. The van der Waals surface area contributed by atoms with Gasteiger partial charge in [0.2, 0.25) is 5.91 Å². The van der Waals surface area contributed by atoms with Gasteiger partial charge in [-0.05, 0) is 62.3 Å². The van der Waals surface area contributed by atoms with Crippen molar-refractivity contribution in [2.24, 2.45) is 17.6 Å². The van der Waals surface area contributed by atoms with Crippen molar-refractivity contribution in [2.75, 3.05) is 24.5 Å². The third kappa shape index (κ3) is 5.73. The predicted molar refractivity (Wildman–Crippen MR) is 107 cm³/mol. The molecular formula is C18H30Cl2N4O. The molecule has 1 aromatic heterocycles. The Morgan fingerprint density at radius 1 is 1.20 bits per heavy atom. The van der Waals surface area contributed by atoms with Gasteiger partial charge in [-0.25, -0.2) is 4.98 Å². The summed E-state index contributed by atoms with van der Waals surface area (Å²) in [5.74, 6) is 1.66. The van der Waals surface area contributed by atoms with Crippen molar-refractivity contribution in [3.8, 4) is 0 Å². The van der Waals surface area contributed by atoms with E-state index in [1.165, 1.54) is 19.3 Å². The molecule has 0 spiro atoms. The fourth-order valence-corrected chi connectivity index (χ4v) is 3.85. The first-order chi connectivity index (χ1) is 11.3. The highest BCUT2D eigenvalue weighted by Crippen LogP contribution is 2.31. The lowest BCUT2D eigenvalue weighted by atomic mass is 9.95. The van der Waals surface area contributed by atoms with E-state index in [9.17, 15) is 4.79 Å². The fourth-order valence-electron chi connectivity index (χ4n) is 3.85. The number of hydrogen-bond acceptors (Lipinski definition) is 4. The lowest BCUT2D eigenvalue weighted by Crippen LogP contribution is -2.34. The molecule has 7 heteroatoms. The summed E-state index contributed by atoms with van der Waals surface area (Å²) in [5, 5.41) is 3.09. The number of anilines is 1. The molecule has 1 saturated carbocycles. The summed E-state index contributed by atoms with van der Waals surface area (Å²) in [6.07, 6.45) is 8.83. The van der Waals surface area contributed by atoms with Crippen LogP contribution in [0, 0.1) is 11.8 Å². The molecule has 1 aromatic rings. The van der Waals surface area contributed by atoms with E-state index in [1.807, 2.05) is 12.3 Å². The number of carbonyl (C=O) groups excluding carboxylic acids is 1. The van der Waals surface area contributed by atoms with Crippen molar-refractivity contribution in [3.63, 3.8) is 0 Å². The van der Waals surface area contributed by atoms with Crippen molar-refractivity contribution in [2.45, 2.75) is 45.1 Å². The van der Waals surface area contributed by atoms with Gasteiger partial charge < -0.3 is 16.0 Å². The highest BCUT2D eigenvalue weighted by molar-refractivity contribution is 5.85. The van der Waals surface area contributed by atoms with Crippen LogP contribution >= 0.6 is 24.8 Å². The van der Waals surface area contributed by atoms with Gasteiger partial charge in [-0.1, -0.05) is 6.42 Å². The lowest BCUT2D eigenvalue weighted by molar-refractivity contribution is -0.126. The number of nitrogens with zero attached hydrogens (tertiary/aromatic N) is 2. The van der Waals surface area contributed by atoms with Crippen molar-refractivity contribution in [1.82, 2.24) is 10.3 Å². The molecular weight excluding hydrogens is 359 g/mol. The van der Waals surface area contributed by atoms with E-state index in [1.54, 1.807) is 0 Å². The van der Waals surface area contributed by atoms with Crippen LogP contribution < -0.4 is 16.0 Å². The molecule has 2 atom stereocenters. The minimum atomic E-state index is 0. The summed E-state index contributed by atoms with van der Waals surface area (Å²) in [6, 6.07) is 4.10. The van der Waals surface area contributed by atoms with Gasteiger partial charge >= 0.3 is 0 Å². The Morgan fingerprint density at radius 2 is 1.96 bits per heavy atom. The zero-order chi connectivity index (χ0) is 16.1. The minimum Gasteiger partial charge on any atom is -0.357 e. The number of amides is 1. The summed E-state index contributed by atoms with van der Waals surface area (Å²) in [7, 11) is 0. The van der Waals surface area contributed by atoms with E-state index in [0.717, 1.165) is 43.7 Å². The number of pyridine rings is 1. The number of nitrogens with one attached hydrogen (secondary N) is 1. The van der Waals surface area contributed by atoms with Crippen molar-refractivity contribution in [3.05, 3.63) is 23.9 Å². The molecule has 5 nitrogen and oxygen atoms in total. The van der Waals surface area contributed by atoms with Gasteiger partial charge in [0.25, 0.3) is 0 Å². The molecule has 2 fully saturated rings. The highest BCUT2D eigenvalue weighted by Gasteiger charge is 2.31. The Morgan fingerprint density at radius 3 is 2.68 bits per heavy atom. The zero-order valence-electron chi connectivity index (χ0n) is 14.7. The van der Waals surface area contributed by atoms with Crippen LogP contribution in [-0.2, 0) is 11.3 Å². The van der Waals surface area contributed by atoms with Crippen molar-refractivity contribution < 1.29 is 4.79 Å². The summed E-state index contributed by atoms with van der Waals surface area (Å²) >= 11 is 0. The average molecular weight is 389 g/mol. The van der Waals surface area contributed by atoms with Crippen LogP contribution in [0.1, 0.15) is 44.1 Å². The van der Waals surface area contributed by atoms with Crippen LogP contribution in [0.4, 0.5) is 5.82 Å².